The van der Waals surface area contributed by atoms with Crippen molar-refractivity contribution in [1.82, 2.24) is 5.32 Å². The fourth-order valence-corrected chi connectivity index (χ4v) is 2.47. The van der Waals surface area contributed by atoms with E-state index in [1.165, 1.54) is 12.1 Å². The molecular formula is C17H19ClFNO2. The van der Waals surface area contributed by atoms with Crippen LogP contribution in [0.1, 0.15) is 11.1 Å². The van der Waals surface area contributed by atoms with Crippen LogP contribution in [0.5, 0.6) is 11.5 Å². The predicted octanol–water partition coefficient (Wildman–Crippen LogP) is 3.83. The van der Waals surface area contributed by atoms with Crippen LogP contribution in [0.2, 0.25) is 5.02 Å². The van der Waals surface area contributed by atoms with Crippen LogP contribution in [0.3, 0.4) is 0 Å². The van der Waals surface area contributed by atoms with E-state index < -0.39 is 0 Å². The monoisotopic (exact) mass is 323 g/mol. The molecular weight excluding hydrogens is 305 g/mol. The van der Waals surface area contributed by atoms with Crippen molar-refractivity contribution in [2.45, 2.75) is 13.0 Å². The molecule has 22 heavy (non-hydrogen) atoms. The van der Waals surface area contributed by atoms with E-state index >= 15 is 0 Å². The Bertz CT molecular complexity index is 617. The van der Waals surface area contributed by atoms with Gasteiger partial charge in [0.1, 0.15) is 5.82 Å². The fraction of sp³-hybridized carbons (Fsp3) is 0.294. The van der Waals surface area contributed by atoms with Crippen LogP contribution in [0.4, 0.5) is 4.39 Å². The van der Waals surface area contributed by atoms with Crippen molar-refractivity contribution in [2.75, 3.05) is 20.8 Å². The average molecular weight is 324 g/mol. The van der Waals surface area contributed by atoms with Crippen molar-refractivity contribution < 1.29 is 13.9 Å². The summed E-state index contributed by atoms with van der Waals surface area (Å²) in [6.45, 7) is 1.40. The Balaban J connectivity index is 1.90. The molecule has 1 N–H and O–H groups in total. The molecule has 3 nitrogen and oxygen atoms in total. The minimum atomic E-state index is -0.214. The SMILES string of the molecule is COc1ccc(CNCCc2ccc(F)cc2)c(Cl)c1OC. The Hall–Kier alpha value is -1.78. The van der Waals surface area contributed by atoms with Gasteiger partial charge in [-0.25, -0.2) is 4.39 Å². The molecule has 0 amide bonds. The van der Waals surface area contributed by atoms with Gasteiger partial charge in [-0.05, 0) is 42.3 Å². The largest absolute Gasteiger partial charge is 0.493 e. The van der Waals surface area contributed by atoms with E-state index in [1.807, 2.05) is 12.1 Å². The number of benzene rings is 2. The number of rotatable bonds is 7. The molecule has 2 aromatic rings. The van der Waals surface area contributed by atoms with E-state index in [-0.39, 0.29) is 5.82 Å². The highest BCUT2D eigenvalue weighted by Gasteiger charge is 2.12. The van der Waals surface area contributed by atoms with Crippen molar-refractivity contribution in [3.05, 3.63) is 58.4 Å². The second-order valence-electron chi connectivity index (χ2n) is 4.83. The van der Waals surface area contributed by atoms with Gasteiger partial charge in [-0.3, -0.25) is 0 Å². The summed E-state index contributed by atoms with van der Waals surface area (Å²) in [5, 5.41) is 3.87. The molecule has 0 aromatic heterocycles. The molecule has 0 fully saturated rings. The van der Waals surface area contributed by atoms with Crippen molar-refractivity contribution in [1.29, 1.82) is 0 Å². The van der Waals surface area contributed by atoms with Crippen LogP contribution in [0, 0.1) is 5.82 Å². The van der Waals surface area contributed by atoms with E-state index in [0.717, 1.165) is 24.1 Å². The summed E-state index contributed by atoms with van der Waals surface area (Å²) in [5.74, 6) is 0.943. The Labute approximate surface area is 135 Å². The summed E-state index contributed by atoms with van der Waals surface area (Å²) < 4.78 is 23.3. The molecule has 0 heterocycles. The van der Waals surface area contributed by atoms with Crippen LogP contribution in [-0.2, 0) is 13.0 Å². The van der Waals surface area contributed by atoms with Crippen LogP contribution in [-0.4, -0.2) is 20.8 Å². The first-order valence-electron chi connectivity index (χ1n) is 7.00. The molecule has 5 heteroatoms. The van der Waals surface area contributed by atoms with Crippen molar-refractivity contribution in [3.8, 4) is 11.5 Å². The van der Waals surface area contributed by atoms with E-state index in [0.29, 0.717) is 23.1 Å². The van der Waals surface area contributed by atoms with E-state index in [1.54, 1.807) is 26.4 Å². The third-order valence-electron chi connectivity index (χ3n) is 3.38. The second-order valence-corrected chi connectivity index (χ2v) is 5.21. The van der Waals surface area contributed by atoms with Gasteiger partial charge in [0.25, 0.3) is 0 Å². The van der Waals surface area contributed by atoms with Crippen molar-refractivity contribution in [2.24, 2.45) is 0 Å². The third-order valence-corrected chi connectivity index (χ3v) is 3.80. The topological polar surface area (TPSA) is 30.5 Å². The molecule has 118 valence electrons. The first-order chi connectivity index (χ1) is 10.7. The standard InChI is InChI=1S/C17H19ClFNO2/c1-21-15-8-5-13(16(18)17(15)22-2)11-20-10-9-12-3-6-14(19)7-4-12/h3-8,20H,9-11H2,1-2H3. The van der Waals surface area contributed by atoms with E-state index in [2.05, 4.69) is 5.32 Å². The average Bonchev–Trinajstić information content (AvgIpc) is 2.54. The van der Waals surface area contributed by atoms with Gasteiger partial charge >= 0.3 is 0 Å². The van der Waals surface area contributed by atoms with Gasteiger partial charge in [-0.2, -0.15) is 0 Å². The molecule has 0 spiro atoms. The second kappa shape index (κ2) is 8.01. The maximum absolute atomic E-state index is 12.8. The lowest BCUT2D eigenvalue weighted by Crippen LogP contribution is -2.17. The molecule has 0 bridgehead atoms. The number of nitrogens with one attached hydrogen (secondary N) is 1. The highest BCUT2D eigenvalue weighted by molar-refractivity contribution is 6.33. The zero-order valence-corrected chi connectivity index (χ0v) is 13.4. The number of hydrogen-bond donors (Lipinski definition) is 1. The molecule has 0 radical (unpaired) electrons. The molecule has 0 unspecified atom stereocenters. The van der Waals surface area contributed by atoms with Crippen LogP contribution >= 0.6 is 11.6 Å². The van der Waals surface area contributed by atoms with Gasteiger partial charge in [0.15, 0.2) is 11.5 Å². The molecule has 2 aromatic carbocycles. The number of methoxy groups -OCH3 is 2. The Kier molecular flexibility index (Phi) is 6.04. The molecule has 2 rings (SSSR count). The smallest absolute Gasteiger partial charge is 0.179 e. The molecule has 0 saturated carbocycles. The quantitative estimate of drug-likeness (QED) is 0.786. The molecule has 0 aliphatic heterocycles. The number of hydrogen-bond acceptors (Lipinski definition) is 3. The Morgan fingerprint density at radius 3 is 2.41 bits per heavy atom. The Morgan fingerprint density at radius 1 is 1.05 bits per heavy atom. The molecule has 0 saturated heterocycles. The maximum atomic E-state index is 12.8. The lowest BCUT2D eigenvalue weighted by Gasteiger charge is -2.13. The van der Waals surface area contributed by atoms with E-state index in [4.69, 9.17) is 21.1 Å². The van der Waals surface area contributed by atoms with Crippen molar-refractivity contribution in [3.63, 3.8) is 0 Å². The van der Waals surface area contributed by atoms with Crippen molar-refractivity contribution >= 4 is 11.6 Å². The lowest BCUT2D eigenvalue weighted by molar-refractivity contribution is 0.354. The highest BCUT2D eigenvalue weighted by atomic mass is 35.5. The number of halogens is 2. The summed E-state index contributed by atoms with van der Waals surface area (Å²) in [4.78, 5) is 0. The minimum Gasteiger partial charge on any atom is -0.493 e. The molecule has 0 atom stereocenters. The summed E-state index contributed by atoms with van der Waals surface area (Å²) in [5.41, 5.74) is 2.03. The van der Waals surface area contributed by atoms with Gasteiger partial charge in [-0.15, -0.1) is 0 Å². The summed E-state index contributed by atoms with van der Waals surface area (Å²) in [6, 6.07) is 10.3. The van der Waals surface area contributed by atoms with E-state index in [9.17, 15) is 4.39 Å². The van der Waals surface area contributed by atoms with Gasteiger partial charge in [0, 0.05) is 6.54 Å². The first kappa shape index (κ1) is 16.6. The van der Waals surface area contributed by atoms with Crippen LogP contribution in [0.25, 0.3) is 0 Å². The lowest BCUT2D eigenvalue weighted by atomic mass is 10.1. The van der Waals surface area contributed by atoms with Gasteiger partial charge < -0.3 is 14.8 Å². The summed E-state index contributed by atoms with van der Waals surface area (Å²) in [6.07, 6.45) is 0.825. The van der Waals surface area contributed by atoms with Gasteiger partial charge in [0.05, 0.1) is 19.2 Å². The minimum absolute atomic E-state index is 0.214. The van der Waals surface area contributed by atoms with Crippen LogP contribution in [0.15, 0.2) is 36.4 Å². The highest BCUT2D eigenvalue weighted by Crippen LogP contribution is 2.37. The summed E-state index contributed by atoms with van der Waals surface area (Å²) >= 11 is 6.32. The predicted molar refractivity (Wildman–Crippen MR) is 86.4 cm³/mol. The third kappa shape index (κ3) is 4.12. The normalized spacial score (nSPS) is 10.5. The zero-order chi connectivity index (χ0) is 15.9. The summed E-state index contributed by atoms with van der Waals surface area (Å²) in [7, 11) is 3.14. The van der Waals surface area contributed by atoms with Crippen LogP contribution < -0.4 is 14.8 Å². The fourth-order valence-electron chi connectivity index (χ4n) is 2.17. The molecule has 0 aliphatic rings. The van der Waals surface area contributed by atoms with Gasteiger partial charge in [0.2, 0.25) is 0 Å². The molecule has 0 aliphatic carbocycles. The van der Waals surface area contributed by atoms with Gasteiger partial charge in [-0.1, -0.05) is 29.8 Å². The number of ether oxygens (including phenoxy) is 2. The first-order valence-corrected chi connectivity index (χ1v) is 7.38. The Morgan fingerprint density at radius 2 is 1.77 bits per heavy atom. The zero-order valence-electron chi connectivity index (χ0n) is 12.7. The maximum Gasteiger partial charge on any atom is 0.179 e.